The Morgan fingerprint density at radius 3 is 2.41 bits per heavy atom. The van der Waals surface area contributed by atoms with Crippen LogP contribution in [0.2, 0.25) is 0 Å². The second-order valence-electron chi connectivity index (χ2n) is 7.75. The highest BCUT2D eigenvalue weighted by molar-refractivity contribution is 5.91. The number of rotatable bonds is 11. The van der Waals surface area contributed by atoms with Gasteiger partial charge in [-0.05, 0) is 74.2 Å². The summed E-state index contributed by atoms with van der Waals surface area (Å²) in [7, 11) is 0. The highest BCUT2D eigenvalue weighted by Gasteiger charge is 2.26. The van der Waals surface area contributed by atoms with Gasteiger partial charge in [-0.15, -0.1) is 0 Å². The van der Waals surface area contributed by atoms with E-state index in [2.05, 4.69) is 6.58 Å². The van der Waals surface area contributed by atoms with Crippen molar-refractivity contribution in [2.45, 2.75) is 38.7 Å². The van der Waals surface area contributed by atoms with Crippen molar-refractivity contribution < 1.29 is 33.3 Å². The molecule has 1 unspecified atom stereocenters. The van der Waals surface area contributed by atoms with Crippen molar-refractivity contribution in [2.75, 3.05) is 13.2 Å². The van der Waals surface area contributed by atoms with E-state index < -0.39 is 11.9 Å². The number of carbonyl (C=O) groups excluding carboxylic acids is 3. The van der Waals surface area contributed by atoms with Gasteiger partial charge < -0.3 is 18.9 Å². The summed E-state index contributed by atoms with van der Waals surface area (Å²) < 4.78 is 21.2. The standard InChI is InChI=1S/C27H28O7/c1-3-31-25(28)16-9-20-7-12-23(13-8-20)33-27(30)21-10-14-22(15-11-21)32-17-5-4-6-24-18-19(2)26(29)34-24/h7-16,24H,2-6,17-18H2,1H3. The molecule has 0 aliphatic carbocycles. The first-order valence-corrected chi connectivity index (χ1v) is 11.2. The van der Waals surface area contributed by atoms with Crippen molar-refractivity contribution in [3.05, 3.63) is 77.9 Å². The van der Waals surface area contributed by atoms with E-state index in [1.165, 1.54) is 6.08 Å². The van der Waals surface area contributed by atoms with Gasteiger partial charge in [0.05, 0.1) is 18.8 Å². The molecule has 1 atom stereocenters. The van der Waals surface area contributed by atoms with Crippen LogP contribution >= 0.6 is 0 Å². The summed E-state index contributed by atoms with van der Waals surface area (Å²) in [5.74, 6) is -0.118. The number of ether oxygens (including phenoxy) is 4. The normalized spacial score (nSPS) is 15.3. The molecule has 7 nitrogen and oxygen atoms in total. The number of esters is 3. The zero-order valence-electron chi connectivity index (χ0n) is 19.2. The average Bonchev–Trinajstić information content (AvgIpc) is 3.16. The molecular weight excluding hydrogens is 436 g/mol. The lowest BCUT2D eigenvalue weighted by Crippen LogP contribution is -2.08. The first-order chi connectivity index (χ1) is 16.4. The maximum absolute atomic E-state index is 12.4. The van der Waals surface area contributed by atoms with Crippen LogP contribution < -0.4 is 9.47 Å². The van der Waals surface area contributed by atoms with Crippen LogP contribution in [-0.2, 0) is 19.1 Å². The molecule has 34 heavy (non-hydrogen) atoms. The highest BCUT2D eigenvalue weighted by Crippen LogP contribution is 2.23. The maximum atomic E-state index is 12.4. The Balaban J connectivity index is 1.39. The van der Waals surface area contributed by atoms with Crippen LogP contribution in [0, 0.1) is 0 Å². The van der Waals surface area contributed by atoms with Crippen molar-refractivity contribution in [3.8, 4) is 11.5 Å². The zero-order valence-corrected chi connectivity index (χ0v) is 19.2. The second kappa shape index (κ2) is 12.4. The minimum Gasteiger partial charge on any atom is -0.494 e. The minimum atomic E-state index is -0.478. The number of hydrogen-bond donors (Lipinski definition) is 0. The molecule has 3 rings (SSSR count). The van der Waals surface area contributed by atoms with E-state index >= 15 is 0 Å². The third kappa shape index (κ3) is 7.62. The van der Waals surface area contributed by atoms with Crippen LogP contribution in [0.25, 0.3) is 6.08 Å². The molecule has 1 saturated heterocycles. The smallest absolute Gasteiger partial charge is 0.343 e. The Kier molecular flexibility index (Phi) is 9.03. The molecule has 2 aromatic rings. The van der Waals surface area contributed by atoms with Crippen LogP contribution in [0.4, 0.5) is 0 Å². The van der Waals surface area contributed by atoms with E-state index in [0.717, 1.165) is 24.8 Å². The van der Waals surface area contributed by atoms with Gasteiger partial charge in [0.25, 0.3) is 0 Å². The summed E-state index contributed by atoms with van der Waals surface area (Å²) in [5.41, 5.74) is 1.73. The largest absolute Gasteiger partial charge is 0.494 e. The van der Waals surface area contributed by atoms with Gasteiger partial charge in [-0.3, -0.25) is 0 Å². The molecule has 0 N–H and O–H groups in total. The Morgan fingerprint density at radius 2 is 1.76 bits per heavy atom. The quantitative estimate of drug-likeness (QED) is 0.202. The summed E-state index contributed by atoms with van der Waals surface area (Å²) in [6.07, 6.45) is 6.01. The number of cyclic esters (lactones) is 1. The van der Waals surface area contributed by atoms with Crippen molar-refractivity contribution in [1.82, 2.24) is 0 Å². The van der Waals surface area contributed by atoms with E-state index in [0.29, 0.717) is 42.3 Å². The molecule has 0 amide bonds. The molecular formula is C27H28O7. The van der Waals surface area contributed by atoms with Crippen LogP contribution in [0.3, 0.4) is 0 Å². The summed E-state index contributed by atoms with van der Waals surface area (Å²) in [5, 5.41) is 0. The number of hydrogen-bond acceptors (Lipinski definition) is 7. The molecule has 178 valence electrons. The fourth-order valence-corrected chi connectivity index (χ4v) is 3.31. The molecule has 0 bridgehead atoms. The van der Waals surface area contributed by atoms with Gasteiger partial charge >= 0.3 is 17.9 Å². The Labute approximate surface area is 199 Å². The summed E-state index contributed by atoms with van der Waals surface area (Å²) >= 11 is 0. The molecule has 2 aromatic carbocycles. The van der Waals surface area contributed by atoms with E-state index in [4.69, 9.17) is 18.9 Å². The van der Waals surface area contributed by atoms with Gasteiger partial charge in [-0.2, -0.15) is 0 Å². The predicted molar refractivity (Wildman–Crippen MR) is 126 cm³/mol. The predicted octanol–water partition coefficient (Wildman–Crippen LogP) is 4.90. The third-order valence-corrected chi connectivity index (χ3v) is 5.10. The van der Waals surface area contributed by atoms with Gasteiger partial charge in [0.2, 0.25) is 0 Å². The molecule has 0 radical (unpaired) electrons. The molecule has 1 aliphatic rings. The maximum Gasteiger partial charge on any atom is 0.343 e. The monoisotopic (exact) mass is 464 g/mol. The number of unbranched alkanes of at least 4 members (excludes halogenated alkanes) is 1. The van der Waals surface area contributed by atoms with Gasteiger partial charge in [0.15, 0.2) is 0 Å². The molecule has 1 aliphatic heterocycles. The first kappa shape index (κ1) is 24.8. The number of carbonyl (C=O) groups is 3. The Morgan fingerprint density at radius 1 is 1.06 bits per heavy atom. The molecule has 0 saturated carbocycles. The lowest BCUT2D eigenvalue weighted by molar-refractivity contribution is -0.139. The molecule has 0 aromatic heterocycles. The summed E-state index contributed by atoms with van der Waals surface area (Å²) in [6, 6.07) is 13.5. The molecule has 7 heteroatoms. The van der Waals surface area contributed by atoms with Gasteiger partial charge in [0, 0.05) is 18.1 Å². The number of benzene rings is 2. The van der Waals surface area contributed by atoms with Crippen molar-refractivity contribution >= 4 is 24.0 Å². The SMILES string of the molecule is C=C1CC(CCCCOc2ccc(C(=O)Oc3ccc(C=CC(=O)OCC)cc3)cc2)OC1=O. The minimum absolute atomic E-state index is 0.0671. The van der Waals surface area contributed by atoms with Crippen LogP contribution in [0.5, 0.6) is 11.5 Å². The Bertz CT molecular complexity index is 1020. The van der Waals surface area contributed by atoms with Crippen LogP contribution in [0.15, 0.2) is 66.8 Å². The summed E-state index contributed by atoms with van der Waals surface area (Å²) in [4.78, 5) is 35.1. The average molecular weight is 465 g/mol. The third-order valence-electron chi connectivity index (χ3n) is 5.10. The highest BCUT2D eigenvalue weighted by atomic mass is 16.6. The zero-order chi connectivity index (χ0) is 24.3. The molecule has 0 spiro atoms. The lowest BCUT2D eigenvalue weighted by Gasteiger charge is -2.10. The summed E-state index contributed by atoms with van der Waals surface area (Å²) in [6.45, 7) is 6.28. The van der Waals surface area contributed by atoms with Crippen molar-refractivity contribution in [1.29, 1.82) is 0 Å². The topological polar surface area (TPSA) is 88.1 Å². The fourth-order valence-electron chi connectivity index (χ4n) is 3.31. The molecule has 1 heterocycles. The first-order valence-electron chi connectivity index (χ1n) is 11.2. The van der Waals surface area contributed by atoms with Crippen LogP contribution in [0.1, 0.15) is 48.5 Å². The van der Waals surface area contributed by atoms with Crippen molar-refractivity contribution in [3.63, 3.8) is 0 Å². The van der Waals surface area contributed by atoms with Gasteiger partial charge in [-0.1, -0.05) is 18.7 Å². The van der Waals surface area contributed by atoms with E-state index in [-0.39, 0.29) is 12.1 Å². The van der Waals surface area contributed by atoms with E-state index in [9.17, 15) is 14.4 Å². The Hall–Kier alpha value is -3.87. The van der Waals surface area contributed by atoms with E-state index in [1.54, 1.807) is 61.5 Å². The van der Waals surface area contributed by atoms with Crippen molar-refractivity contribution in [2.24, 2.45) is 0 Å². The van der Waals surface area contributed by atoms with E-state index in [1.807, 2.05) is 0 Å². The fraction of sp³-hybridized carbons (Fsp3) is 0.296. The van der Waals surface area contributed by atoms with Crippen LogP contribution in [-0.4, -0.2) is 37.2 Å². The lowest BCUT2D eigenvalue weighted by atomic mass is 10.1. The van der Waals surface area contributed by atoms with Gasteiger partial charge in [0.1, 0.15) is 17.6 Å². The second-order valence-corrected chi connectivity index (χ2v) is 7.75. The van der Waals surface area contributed by atoms with Gasteiger partial charge in [-0.25, -0.2) is 14.4 Å². The molecule has 1 fully saturated rings.